The zero-order valence-corrected chi connectivity index (χ0v) is 24.6. The van der Waals surface area contributed by atoms with Crippen molar-refractivity contribution in [2.45, 2.75) is 115 Å². The average molecular weight is 573 g/mol. The number of rotatable bonds is 3. The van der Waals surface area contributed by atoms with Crippen LogP contribution in [-0.4, -0.2) is 76.6 Å². The third-order valence-electron chi connectivity index (χ3n) is 11.7. The third-order valence-corrected chi connectivity index (χ3v) is 11.7. The number of aliphatic hydroxyl groups is 1. The molecule has 10 heteroatoms. The van der Waals surface area contributed by atoms with Gasteiger partial charge >= 0.3 is 11.9 Å². The number of carbonyl (C=O) groups is 4. The van der Waals surface area contributed by atoms with E-state index in [4.69, 9.17) is 23.7 Å². The zero-order chi connectivity index (χ0) is 29.4. The van der Waals surface area contributed by atoms with Crippen LogP contribution in [-0.2, 0) is 42.9 Å². The van der Waals surface area contributed by atoms with Crippen molar-refractivity contribution < 1.29 is 48.0 Å². The van der Waals surface area contributed by atoms with E-state index in [1.807, 2.05) is 27.7 Å². The van der Waals surface area contributed by atoms with Crippen molar-refractivity contribution in [3.05, 3.63) is 11.1 Å². The molecule has 2 bridgehead atoms. The van der Waals surface area contributed by atoms with Crippen LogP contribution in [0.3, 0.4) is 0 Å². The molecule has 5 fully saturated rings. The Morgan fingerprint density at radius 2 is 1.76 bits per heavy atom. The maximum Gasteiger partial charge on any atom is 0.311 e. The number of hydrogen-bond acceptors (Lipinski definition) is 10. The standard InChI is InChI=1S/C31H40O10/c1-7-37-19(33)11-18-15-12-30-9-8-29(6)24-20(13(2)25(29)34)23-22(14(3)27(36)38-23)40-31(24,41-30)26(35)21(30)17(32)10-16(15)28(4,5)39-18/h13-14,17-18,20-24,32H,7-12H2,1-6H3/t13-,14-,17-,18+,20+,21-,22+,23+,24-,29-,30+,31+/m0/s1. The number of carbonyl (C=O) groups excluding carboxylic acids is 4. The number of ether oxygens (including phenoxy) is 5. The molecule has 0 aromatic carbocycles. The average Bonchev–Trinajstić information content (AvgIpc) is 3.39. The second-order valence-electron chi connectivity index (χ2n) is 14.2. The molecule has 1 N–H and O–H groups in total. The van der Waals surface area contributed by atoms with E-state index in [2.05, 4.69) is 0 Å². The lowest BCUT2D eigenvalue weighted by molar-refractivity contribution is -0.328. The van der Waals surface area contributed by atoms with Gasteiger partial charge in [0.1, 0.15) is 18.0 Å². The molecule has 5 aliphatic heterocycles. The molecule has 0 radical (unpaired) electrons. The summed E-state index contributed by atoms with van der Waals surface area (Å²) in [6, 6.07) is 0. The summed E-state index contributed by atoms with van der Waals surface area (Å²) < 4.78 is 31.1. The van der Waals surface area contributed by atoms with Gasteiger partial charge in [0.05, 0.1) is 48.3 Å². The number of ketones is 2. The Hall–Kier alpha value is -2.14. The van der Waals surface area contributed by atoms with Crippen molar-refractivity contribution >= 4 is 23.5 Å². The summed E-state index contributed by atoms with van der Waals surface area (Å²) in [5.41, 5.74) is -1.12. The van der Waals surface area contributed by atoms with E-state index in [0.717, 1.165) is 11.1 Å². The van der Waals surface area contributed by atoms with Crippen molar-refractivity contribution in [2.75, 3.05) is 6.61 Å². The summed E-state index contributed by atoms with van der Waals surface area (Å²) >= 11 is 0. The first-order valence-corrected chi connectivity index (χ1v) is 15.1. The van der Waals surface area contributed by atoms with Crippen LogP contribution < -0.4 is 0 Å². The highest BCUT2D eigenvalue weighted by Crippen LogP contribution is 2.69. The van der Waals surface area contributed by atoms with Crippen LogP contribution in [0.1, 0.15) is 73.6 Å². The highest BCUT2D eigenvalue weighted by Gasteiger charge is 2.81. The molecule has 0 unspecified atom stereocenters. The highest BCUT2D eigenvalue weighted by atomic mass is 16.7. The maximum absolute atomic E-state index is 14.8. The normalized spacial score (nSPS) is 50.9. The Labute approximate surface area is 239 Å². The van der Waals surface area contributed by atoms with Crippen LogP contribution in [0.15, 0.2) is 11.1 Å². The number of fused-ring (bicyclic) bond motifs is 2. The first kappa shape index (κ1) is 27.7. The molecule has 41 heavy (non-hydrogen) atoms. The minimum atomic E-state index is -1.78. The number of esters is 2. The smallest absolute Gasteiger partial charge is 0.311 e. The molecular formula is C31H40O10. The van der Waals surface area contributed by atoms with Crippen molar-refractivity contribution in [2.24, 2.45) is 35.0 Å². The van der Waals surface area contributed by atoms with E-state index in [9.17, 15) is 24.3 Å². The third kappa shape index (κ3) is 3.33. The molecule has 224 valence electrons. The van der Waals surface area contributed by atoms with Gasteiger partial charge < -0.3 is 28.8 Å². The molecule has 0 aromatic rings. The lowest BCUT2D eigenvalue weighted by atomic mass is 9.61. The van der Waals surface area contributed by atoms with Crippen LogP contribution in [0.2, 0.25) is 0 Å². The fourth-order valence-corrected chi connectivity index (χ4v) is 9.93. The SMILES string of the molecule is CCOC(=O)C[C@H]1OC(C)(C)C2=C1C[C@@]13CC[C@]4(C)C(=O)[C@@H](C)[C@@H]5[C@H]6OC(=O)[C@@H](C)[C@H]6O[C@](O1)(C(=O)[C@@H]3[C@@H](O)C2)[C@@H]54. The molecule has 2 spiro atoms. The van der Waals surface area contributed by atoms with E-state index in [1.54, 1.807) is 13.8 Å². The Kier molecular flexibility index (Phi) is 5.73. The fraction of sp³-hybridized carbons (Fsp3) is 0.806. The monoisotopic (exact) mass is 572 g/mol. The summed E-state index contributed by atoms with van der Waals surface area (Å²) in [6.45, 7) is 11.3. The Bertz CT molecular complexity index is 1290. The van der Waals surface area contributed by atoms with Crippen LogP contribution in [0.5, 0.6) is 0 Å². The van der Waals surface area contributed by atoms with Crippen molar-refractivity contribution in [1.82, 2.24) is 0 Å². The van der Waals surface area contributed by atoms with E-state index in [-0.39, 0.29) is 43.4 Å². The molecular weight excluding hydrogens is 532 g/mol. The zero-order valence-electron chi connectivity index (χ0n) is 24.6. The number of aliphatic hydroxyl groups excluding tert-OH is 1. The van der Waals surface area contributed by atoms with Gasteiger partial charge in [-0.1, -0.05) is 13.8 Å². The molecule has 7 rings (SSSR count). The first-order valence-electron chi connectivity index (χ1n) is 15.1. The second-order valence-corrected chi connectivity index (χ2v) is 14.2. The molecule has 10 nitrogen and oxygen atoms in total. The minimum Gasteiger partial charge on any atom is -0.466 e. The van der Waals surface area contributed by atoms with Gasteiger partial charge in [0, 0.05) is 29.6 Å². The van der Waals surface area contributed by atoms with Gasteiger partial charge in [-0.15, -0.1) is 0 Å². The van der Waals surface area contributed by atoms with Gasteiger partial charge in [-0.05, 0) is 58.1 Å². The van der Waals surface area contributed by atoms with Gasteiger partial charge in [0.25, 0.3) is 0 Å². The molecule has 5 heterocycles. The molecule has 1 saturated carbocycles. The van der Waals surface area contributed by atoms with E-state index >= 15 is 0 Å². The predicted octanol–water partition coefficient (Wildman–Crippen LogP) is 2.43. The predicted molar refractivity (Wildman–Crippen MR) is 140 cm³/mol. The lowest BCUT2D eigenvalue weighted by Gasteiger charge is -2.50. The molecule has 4 saturated heterocycles. The fourth-order valence-electron chi connectivity index (χ4n) is 9.93. The molecule has 12 atom stereocenters. The van der Waals surface area contributed by atoms with Gasteiger partial charge in [-0.2, -0.15) is 0 Å². The van der Waals surface area contributed by atoms with E-state index < -0.39 is 82.4 Å². The van der Waals surface area contributed by atoms with Gasteiger partial charge in [0.15, 0.2) is 0 Å². The minimum absolute atomic E-state index is 0.0155. The number of hydrogen-bond donors (Lipinski definition) is 1. The van der Waals surface area contributed by atoms with Gasteiger partial charge in [-0.3, -0.25) is 19.2 Å². The quantitative estimate of drug-likeness (QED) is 0.397. The summed E-state index contributed by atoms with van der Waals surface area (Å²) in [5, 5.41) is 11.8. The summed E-state index contributed by atoms with van der Waals surface area (Å²) in [7, 11) is 0. The summed E-state index contributed by atoms with van der Waals surface area (Å²) in [5.74, 6) is -5.93. The Balaban J connectivity index is 1.36. The lowest BCUT2D eigenvalue weighted by Crippen LogP contribution is -2.63. The van der Waals surface area contributed by atoms with Gasteiger partial charge in [-0.25, -0.2) is 0 Å². The van der Waals surface area contributed by atoms with Gasteiger partial charge in [0.2, 0.25) is 11.6 Å². The summed E-state index contributed by atoms with van der Waals surface area (Å²) in [4.78, 5) is 54.1. The number of Topliss-reactive ketones (excluding diaryl/α,β-unsaturated/α-hetero) is 2. The molecule has 2 aliphatic carbocycles. The molecule has 0 aromatic heterocycles. The van der Waals surface area contributed by atoms with Crippen LogP contribution >= 0.6 is 0 Å². The van der Waals surface area contributed by atoms with E-state index in [1.165, 1.54) is 0 Å². The first-order chi connectivity index (χ1) is 19.2. The topological polar surface area (TPSA) is 135 Å². The molecule has 0 amide bonds. The van der Waals surface area contributed by atoms with Crippen LogP contribution in [0.4, 0.5) is 0 Å². The van der Waals surface area contributed by atoms with E-state index in [0.29, 0.717) is 12.8 Å². The summed E-state index contributed by atoms with van der Waals surface area (Å²) in [6.07, 6.45) is -1.75. The van der Waals surface area contributed by atoms with Crippen molar-refractivity contribution in [1.29, 1.82) is 0 Å². The second kappa shape index (κ2) is 8.49. The van der Waals surface area contributed by atoms with Crippen LogP contribution in [0.25, 0.3) is 0 Å². The van der Waals surface area contributed by atoms with Crippen molar-refractivity contribution in [3.8, 4) is 0 Å². The van der Waals surface area contributed by atoms with Crippen LogP contribution in [0, 0.1) is 35.0 Å². The van der Waals surface area contributed by atoms with Crippen molar-refractivity contribution in [3.63, 3.8) is 0 Å². The highest BCUT2D eigenvalue weighted by molar-refractivity contribution is 5.97. The maximum atomic E-state index is 14.8. The molecule has 7 aliphatic rings. The Morgan fingerprint density at radius 1 is 1.02 bits per heavy atom. The Morgan fingerprint density at radius 3 is 2.46 bits per heavy atom. The largest absolute Gasteiger partial charge is 0.466 e.